The highest BCUT2D eigenvalue weighted by Crippen LogP contribution is 2.20. The van der Waals surface area contributed by atoms with Gasteiger partial charge >= 0.3 is 5.97 Å². The molecular weight excluding hydrogens is 286 g/mol. The maximum Gasteiger partial charge on any atom is 0.340 e. The summed E-state index contributed by atoms with van der Waals surface area (Å²) < 4.78 is 4.79. The summed E-state index contributed by atoms with van der Waals surface area (Å²) >= 11 is 0. The highest BCUT2D eigenvalue weighted by Gasteiger charge is 2.09. The maximum atomic E-state index is 11.7. The molecule has 0 saturated carbocycles. The second kappa shape index (κ2) is 11.9. The van der Waals surface area contributed by atoms with E-state index in [1.165, 1.54) is 52.1 Å². The predicted molar refractivity (Wildman–Crippen MR) is 97.7 cm³/mol. The molecule has 0 fully saturated rings. The zero-order chi connectivity index (χ0) is 16.9. The Morgan fingerprint density at radius 2 is 1.78 bits per heavy atom. The number of para-hydroxylation sites is 1. The third-order valence-electron chi connectivity index (χ3n) is 4.04. The molecule has 23 heavy (non-hydrogen) atoms. The number of carbonyl (C=O) groups excluding carboxylic acids is 1. The lowest BCUT2D eigenvalue weighted by atomic mass is 10.0. The van der Waals surface area contributed by atoms with Gasteiger partial charge in [0.05, 0.1) is 18.4 Å². The molecule has 0 aliphatic rings. The molecule has 3 heteroatoms. The number of methoxy groups -OCH3 is 1. The van der Waals surface area contributed by atoms with Crippen LogP contribution >= 0.6 is 0 Å². The van der Waals surface area contributed by atoms with Crippen molar-refractivity contribution < 1.29 is 9.53 Å². The van der Waals surface area contributed by atoms with Gasteiger partial charge in [0.2, 0.25) is 0 Å². The number of hydrogen-bond donors (Lipinski definition) is 0. The average molecular weight is 317 g/mol. The number of esters is 1. The summed E-state index contributed by atoms with van der Waals surface area (Å²) in [6.45, 7) is 4.43. The van der Waals surface area contributed by atoms with Crippen molar-refractivity contribution >= 4 is 17.9 Å². The number of aliphatic imine (C=N–C) groups is 1. The van der Waals surface area contributed by atoms with Gasteiger partial charge in [0.1, 0.15) is 0 Å². The van der Waals surface area contributed by atoms with Crippen LogP contribution in [-0.2, 0) is 4.74 Å². The molecule has 1 rings (SSSR count). The molecule has 1 aromatic rings. The van der Waals surface area contributed by atoms with Crippen molar-refractivity contribution in [3.8, 4) is 0 Å². The summed E-state index contributed by atoms with van der Waals surface area (Å²) in [6.07, 6.45) is 12.4. The van der Waals surface area contributed by atoms with E-state index >= 15 is 0 Å². The quantitative estimate of drug-likeness (QED) is 0.287. The number of unbranched alkanes of at least 4 members (excludes halogenated alkanes) is 6. The van der Waals surface area contributed by atoms with Crippen molar-refractivity contribution in [2.45, 2.75) is 65.2 Å². The van der Waals surface area contributed by atoms with Crippen molar-refractivity contribution in [3.05, 3.63) is 29.8 Å². The summed E-state index contributed by atoms with van der Waals surface area (Å²) in [5.41, 5.74) is 1.21. The molecule has 0 saturated heterocycles. The number of carbonyl (C=O) groups is 1. The van der Waals surface area contributed by atoms with Gasteiger partial charge in [-0.25, -0.2) is 4.79 Å². The minimum absolute atomic E-state index is 0.336. The van der Waals surface area contributed by atoms with Crippen LogP contribution in [0.1, 0.15) is 75.6 Å². The monoisotopic (exact) mass is 317 g/mol. The van der Waals surface area contributed by atoms with Gasteiger partial charge in [-0.05, 0) is 24.5 Å². The van der Waals surface area contributed by atoms with E-state index in [9.17, 15) is 4.79 Å². The lowest BCUT2D eigenvalue weighted by molar-refractivity contribution is 0.0601. The van der Waals surface area contributed by atoms with Crippen LogP contribution in [0.3, 0.4) is 0 Å². The molecule has 0 amide bonds. The first-order valence-electron chi connectivity index (χ1n) is 8.90. The lowest BCUT2D eigenvalue weighted by Crippen LogP contribution is -2.02. The van der Waals surface area contributed by atoms with Crippen molar-refractivity contribution in [3.63, 3.8) is 0 Å². The Hall–Kier alpha value is -1.64. The fourth-order valence-corrected chi connectivity index (χ4v) is 2.57. The average Bonchev–Trinajstić information content (AvgIpc) is 2.58. The lowest BCUT2D eigenvalue weighted by Gasteiger charge is -2.07. The molecular formula is C20H31NO2. The number of nitrogens with zero attached hydrogens (tertiary/aromatic N) is 1. The third kappa shape index (κ3) is 7.96. The van der Waals surface area contributed by atoms with Gasteiger partial charge in [-0.2, -0.15) is 0 Å². The second-order valence-electron chi connectivity index (χ2n) is 6.17. The highest BCUT2D eigenvalue weighted by molar-refractivity contribution is 5.95. The Morgan fingerprint density at radius 1 is 1.13 bits per heavy atom. The fourth-order valence-electron chi connectivity index (χ4n) is 2.57. The number of hydrogen-bond acceptors (Lipinski definition) is 3. The van der Waals surface area contributed by atoms with E-state index in [0.717, 1.165) is 6.42 Å². The van der Waals surface area contributed by atoms with Gasteiger partial charge in [-0.15, -0.1) is 0 Å². The molecule has 1 atom stereocenters. The summed E-state index contributed by atoms with van der Waals surface area (Å²) in [5, 5.41) is 0. The highest BCUT2D eigenvalue weighted by atomic mass is 16.5. The zero-order valence-electron chi connectivity index (χ0n) is 14.9. The van der Waals surface area contributed by atoms with Gasteiger partial charge < -0.3 is 4.74 Å². The summed E-state index contributed by atoms with van der Waals surface area (Å²) in [7, 11) is 1.39. The Morgan fingerprint density at radius 3 is 2.48 bits per heavy atom. The molecule has 128 valence electrons. The van der Waals surface area contributed by atoms with E-state index in [4.69, 9.17) is 4.74 Å². The van der Waals surface area contributed by atoms with Crippen molar-refractivity contribution in [2.75, 3.05) is 7.11 Å². The van der Waals surface area contributed by atoms with Crippen LogP contribution in [0.2, 0.25) is 0 Å². The minimum Gasteiger partial charge on any atom is -0.465 e. The molecule has 0 heterocycles. The smallest absolute Gasteiger partial charge is 0.340 e. The topological polar surface area (TPSA) is 38.7 Å². The van der Waals surface area contributed by atoms with Gasteiger partial charge in [-0.1, -0.05) is 70.9 Å². The van der Waals surface area contributed by atoms with E-state index in [1.807, 2.05) is 24.4 Å². The molecule has 0 N–H and O–H groups in total. The van der Waals surface area contributed by atoms with Crippen LogP contribution in [0.25, 0.3) is 0 Å². The van der Waals surface area contributed by atoms with Crippen LogP contribution in [0.4, 0.5) is 5.69 Å². The van der Waals surface area contributed by atoms with Gasteiger partial charge in [0, 0.05) is 6.21 Å². The summed E-state index contributed by atoms with van der Waals surface area (Å²) in [6, 6.07) is 7.32. The first kappa shape index (κ1) is 19.4. The molecule has 0 radical (unpaired) electrons. The number of ether oxygens (including phenoxy) is 1. The van der Waals surface area contributed by atoms with Crippen molar-refractivity contribution in [1.29, 1.82) is 0 Å². The van der Waals surface area contributed by atoms with Crippen LogP contribution in [0, 0.1) is 5.92 Å². The van der Waals surface area contributed by atoms with E-state index in [0.29, 0.717) is 17.2 Å². The van der Waals surface area contributed by atoms with Crippen LogP contribution < -0.4 is 0 Å². The SMILES string of the molecule is CCCCCCCCCC(C)C=Nc1ccccc1C(=O)OC. The van der Waals surface area contributed by atoms with E-state index in [-0.39, 0.29) is 5.97 Å². The van der Waals surface area contributed by atoms with E-state index < -0.39 is 0 Å². The Labute approximate surface area is 141 Å². The molecule has 0 aliphatic heterocycles. The molecule has 1 aromatic carbocycles. The molecule has 1 unspecified atom stereocenters. The molecule has 0 spiro atoms. The first-order chi connectivity index (χ1) is 11.2. The van der Waals surface area contributed by atoms with E-state index in [2.05, 4.69) is 18.8 Å². The van der Waals surface area contributed by atoms with Crippen LogP contribution in [-0.4, -0.2) is 19.3 Å². The molecule has 0 aliphatic carbocycles. The molecule has 3 nitrogen and oxygen atoms in total. The van der Waals surface area contributed by atoms with Crippen molar-refractivity contribution in [1.82, 2.24) is 0 Å². The van der Waals surface area contributed by atoms with Gasteiger partial charge in [0.25, 0.3) is 0 Å². The summed E-state index contributed by atoms with van der Waals surface area (Å²) in [5.74, 6) is 0.0915. The Bertz CT molecular complexity index is 482. The number of benzene rings is 1. The zero-order valence-corrected chi connectivity index (χ0v) is 14.9. The van der Waals surface area contributed by atoms with E-state index in [1.54, 1.807) is 6.07 Å². The normalized spacial score (nSPS) is 12.5. The fraction of sp³-hybridized carbons (Fsp3) is 0.600. The maximum absolute atomic E-state index is 11.7. The van der Waals surface area contributed by atoms with Gasteiger partial charge in [0.15, 0.2) is 0 Å². The first-order valence-corrected chi connectivity index (χ1v) is 8.90. The standard InChI is InChI=1S/C20H31NO2/c1-4-5-6-7-8-9-10-13-17(2)16-21-19-15-12-11-14-18(19)20(22)23-3/h11-12,14-17H,4-10,13H2,1-3H3. The largest absolute Gasteiger partial charge is 0.465 e. The minimum atomic E-state index is -0.336. The Kier molecular flexibility index (Phi) is 10.0. The number of rotatable bonds is 11. The third-order valence-corrected chi connectivity index (χ3v) is 4.04. The summed E-state index contributed by atoms with van der Waals surface area (Å²) in [4.78, 5) is 16.2. The predicted octanol–water partition coefficient (Wildman–Crippen LogP) is 5.95. The Balaban J connectivity index is 2.35. The van der Waals surface area contributed by atoms with Crippen LogP contribution in [0.15, 0.2) is 29.3 Å². The van der Waals surface area contributed by atoms with Crippen molar-refractivity contribution in [2.24, 2.45) is 10.9 Å². The molecule has 0 bridgehead atoms. The molecule has 0 aromatic heterocycles. The second-order valence-corrected chi connectivity index (χ2v) is 6.17. The van der Waals surface area contributed by atoms with Gasteiger partial charge in [-0.3, -0.25) is 4.99 Å². The van der Waals surface area contributed by atoms with Crippen LogP contribution in [0.5, 0.6) is 0 Å².